The van der Waals surface area contributed by atoms with Gasteiger partial charge in [-0.3, -0.25) is 9.36 Å². The molecule has 0 aromatic carbocycles. The molecular formula is C14H24N4O5S. The van der Waals surface area contributed by atoms with Crippen LogP contribution in [0.1, 0.15) is 44.5 Å². The topological polar surface area (TPSA) is 126 Å². The summed E-state index contributed by atoms with van der Waals surface area (Å²) >= 11 is 0. The fraction of sp³-hybridized carbons (Fsp3) is 0.786. The zero-order valence-corrected chi connectivity index (χ0v) is 14.8. The molecule has 0 bridgehead atoms. The smallest absolute Gasteiger partial charge is 0.321 e. The van der Waals surface area contributed by atoms with Crippen LogP contribution >= 0.6 is 0 Å². The van der Waals surface area contributed by atoms with Gasteiger partial charge in [0.2, 0.25) is 15.0 Å². The van der Waals surface area contributed by atoms with E-state index in [1.807, 2.05) is 6.92 Å². The molecule has 136 valence electrons. The molecular weight excluding hydrogens is 336 g/mol. The normalized spacial score (nSPS) is 19.4. The average Bonchev–Trinajstić information content (AvgIpc) is 3.17. The second-order valence-corrected chi connectivity index (χ2v) is 7.70. The van der Waals surface area contributed by atoms with Gasteiger partial charge in [-0.15, -0.1) is 10.2 Å². The predicted octanol–water partition coefficient (Wildman–Crippen LogP) is 0.204. The van der Waals surface area contributed by atoms with E-state index >= 15 is 0 Å². The summed E-state index contributed by atoms with van der Waals surface area (Å²) in [4.78, 5) is 11.4. The van der Waals surface area contributed by atoms with Crippen LogP contribution < -0.4 is 5.73 Å². The van der Waals surface area contributed by atoms with Gasteiger partial charge in [0.1, 0.15) is 0 Å². The molecule has 2 N–H and O–H groups in total. The Labute approximate surface area is 141 Å². The number of sulfone groups is 1. The molecule has 1 fully saturated rings. The van der Waals surface area contributed by atoms with Crippen LogP contribution in [0.4, 0.5) is 0 Å². The number of esters is 1. The highest BCUT2D eigenvalue weighted by Crippen LogP contribution is 2.22. The number of hydrogen-bond acceptors (Lipinski definition) is 8. The molecule has 2 rings (SSSR count). The van der Waals surface area contributed by atoms with Crippen molar-refractivity contribution in [2.24, 2.45) is 5.73 Å². The summed E-state index contributed by atoms with van der Waals surface area (Å²) in [6, 6.07) is -0.425. The standard InChI is InChI=1S/C14H24N4O5S/c1-3-5-11(15)13-16-17-14(24(20,21)9-12(19)22-2)18(13)8-10-6-4-7-23-10/h10-11H,3-9,15H2,1-2H3. The van der Waals surface area contributed by atoms with Gasteiger partial charge in [0.05, 0.1) is 25.8 Å². The maximum absolute atomic E-state index is 12.5. The Kier molecular flexibility index (Phi) is 6.30. The monoisotopic (exact) mass is 360 g/mol. The number of methoxy groups -OCH3 is 1. The third-order valence-corrected chi connectivity index (χ3v) is 5.37. The third-order valence-electron chi connectivity index (χ3n) is 3.90. The summed E-state index contributed by atoms with van der Waals surface area (Å²) in [5.74, 6) is -1.23. The van der Waals surface area contributed by atoms with Gasteiger partial charge >= 0.3 is 5.97 Å². The first kappa shape index (κ1) is 18.8. The van der Waals surface area contributed by atoms with Crippen LogP contribution in [0, 0.1) is 0 Å². The van der Waals surface area contributed by atoms with Gasteiger partial charge in [-0.1, -0.05) is 13.3 Å². The first-order chi connectivity index (χ1) is 11.4. The molecule has 2 heterocycles. The Bertz CT molecular complexity index is 667. The molecule has 9 nitrogen and oxygen atoms in total. The van der Waals surface area contributed by atoms with Gasteiger partial charge in [0, 0.05) is 6.61 Å². The van der Waals surface area contributed by atoms with Crippen molar-refractivity contribution in [2.45, 2.75) is 56.5 Å². The highest BCUT2D eigenvalue weighted by atomic mass is 32.2. The molecule has 0 saturated carbocycles. The van der Waals surface area contributed by atoms with E-state index in [1.165, 1.54) is 4.57 Å². The summed E-state index contributed by atoms with van der Waals surface area (Å²) in [7, 11) is -2.83. The Morgan fingerprint density at radius 1 is 1.50 bits per heavy atom. The van der Waals surface area contributed by atoms with Gasteiger partial charge in [-0.05, 0) is 19.3 Å². The van der Waals surface area contributed by atoms with E-state index < -0.39 is 27.6 Å². The van der Waals surface area contributed by atoms with Crippen molar-refractivity contribution in [2.75, 3.05) is 19.5 Å². The van der Waals surface area contributed by atoms with E-state index in [0.29, 0.717) is 25.4 Å². The maximum atomic E-state index is 12.5. The van der Waals surface area contributed by atoms with Gasteiger partial charge in [-0.25, -0.2) is 8.42 Å². The molecule has 0 aliphatic carbocycles. The van der Waals surface area contributed by atoms with Crippen LogP contribution in [0.25, 0.3) is 0 Å². The van der Waals surface area contributed by atoms with Crippen LogP contribution in [-0.2, 0) is 30.7 Å². The average molecular weight is 360 g/mol. The summed E-state index contributed by atoms with van der Waals surface area (Å²) in [5.41, 5.74) is 6.11. The molecule has 1 aromatic heterocycles. The van der Waals surface area contributed by atoms with Gasteiger partial charge in [0.15, 0.2) is 11.6 Å². The number of hydrogen-bond donors (Lipinski definition) is 1. The second-order valence-electron chi connectivity index (χ2n) is 5.82. The van der Waals surface area contributed by atoms with Crippen molar-refractivity contribution in [1.29, 1.82) is 0 Å². The number of carbonyl (C=O) groups is 1. The van der Waals surface area contributed by atoms with Crippen LogP contribution in [0.2, 0.25) is 0 Å². The fourth-order valence-corrected chi connectivity index (χ4v) is 3.91. The highest BCUT2D eigenvalue weighted by Gasteiger charge is 2.31. The molecule has 10 heteroatoms. The van der Waals surface area contributed by atoms with Gasteiger partial charge in [0.25, 0.3) is 0 Å². The van der Waals surface area contributed by atoms with Crippen molar-refractivity contribution in [3.63, 3.8) is 0 Å². The Morgan fingerprint density at radius 2 is 2.25 bits per heavy atom. The number of nitrogens with zero attached hydrogens (tertiary/aromatic N) is 3. The number of nitrogens with two attached hydrogens (primary N) is 1. The lowest BCUT2D eigenvalue weighted by molar-refractivity contribution is -0.137. The van der Waals surface area contributed by atoms with E-state index in [9.17, 15) is 13.2 Å². The fourth-order valence-electron chi connectivity index (χ4n) is 2.69. The van der Waals surface area contributed by atoms with Crippen LogP contribution in [0.3, 0.4) is 0 Å². The largest absolute Gasteiger partial charge is 0.468 e. The molecule has 1 saturated heterocycles. The van der Waals surface area contributed by atoms with E-state index in [2.05, 4.69) is 14.9 Å². The highest BCUT2D eigenvalue weighted by molar-refractivity contribution is 7.91. The van der Waals surface area contributed by atoms with Crippen molar-refractivity contribution >= 4 is 15.8 Å². The van der Waals surface area contributed by atoms with Crippen LogP contribution in [-0.4, -0.2) is 54.7 Å². The molecule has 1 aromatic rings. The SMILES string of the molecule is CCCC(N)c1nnc(S(=O)(=O)CC(=O)OC)n1CC1CCCO1. The third kappa shape index (κ3) is 4.31. The van der Waals surface area contributed by atoms with E-state index in [1.54, 1.807) is 0 Å². The zero-order chi connectivity index (χ0) is 17.7. The first-order valence-electron chi connectivity index (χ1n) is 7.99. The van der Waals surface area contributed by atoms with E-state index in [-0.39, 0.29) is 11.3 Å². The number of aromatic nitrogens is 3. The van der Waals surface area contributed by atoms with Gasteiger partial charge in [-0.2, -0.15) is 0 Å². The molecule has 2 atom stereocenters. The summed E-state index contributed by atoms with van der Waals surface area (Å²) in [6.07, 6.45) is 3.13. The Morgan fingerprint density at radius 3 is 2.83 bits per heavy atom. The van der Waals surface area contributed by atoms with Crippen LogP contribution in [0.5, 0.6) is 0 Å². The van der Waals surface area contributed by atoms with Crippen LogP contribution in [0.15, 0.2) is 5.16 Å². The van der Waals surface area contributed by atoms with Crippen molar-refractivity contribution in [1.82, 2.24) is 14.8 Å². The number of ether oxygens (including phenoxy) is 2. The lowest BCUT2D eigenvalue weighted by Crippen LogP contribution is -2.26. The van der Waals surface area contributed by atoms with E-state index in [0.717, 1.165) is 26.4 Å². The van der Waals surface area contributed by atoms with Crippen molar-refractivity contribution < 1.29 is 22.7 Å². The lowest BCUT2D eigenvalue weighted by Gasteiger charge is -2.17. The molecule has 1 aliphatic rings. The minimum absolute atomic E-state index is 0.111. The first-order valence-corrected chi connectivity index (χ1v) is 9.64. The minimum atomic E-state index is -3.97. The summed E-state index contributed by atoms with van der Waals surface area (Å²) in [5, 5.41) is 7.52. The molecule has 0 radical (unpaired) electrons. The Balaban J connectivity index is 2.37. The van der Waals surface area contributed by atoms with Crippen molar-refractivity contribution in [3.8, 4) is 0 Å². The lowest BCUT2D eigenvalue weighted by atomic mass is 10.1. The quantitative estimate of drug-likeness (QED) is 0.652. The second kappa shape index (κ2) is 8.04. The number of carbonyl (C=O) groups excluding carboxylic acids is 1. The number of rotatable bonds is 8. The molecule has 2 unspecified atom stereocenters. The zero-order valence-electron chi connectivity index (χ0n) is 14.0. The van der Waals surface area contributed by atoms with E-state index in [4.69, 9.17) is 10.5 Å². The molecule has 0 amide bonds. The summed E-state index contributed by atoms with van der Waals surface area (Å²) in [6.45, 7) is 2.93. The molecule has 1 aliphatic heterocycles. The molecule has 24 heavy (non-hydrogen) atoms. The maximum Gasteiger partial charge on any atom is 0.321 e. The predicted molar refractivity (Wildman–Crippen MR) is 84.9 cm³/mol. The Hall–Kier alpha value is -1.52. The van der Waals surface area contributed by atoms with Gasteiger partial charge < -0.3 is 15.2 Å². The minimum Gasteiger partial charge on any atom is -0.468 e. The van der Waals surface area contributed by atoms with Crippen molar-refractivity contribution in [3.05, 3.63) is 5.82 Å². The molecule has 0 spiro atoms. The summed E-state index contributed by atoms with van der Waals surface area (Å²) < 4.78 is 36.5.